The molecule has 0 radical (unpaired) electrons. The van der Waals surface area contributed by atoms with Gasteiger partial charge in [0.1, 0.15) is 6.04 Å². The van der Waals surface area contributed by atoms with Crippen molar-refractivity contribution in [2.75, 3.05) is 7.05 Å². The minimum Gasteiger partial charge on any atom is -0.480 e. The van der Waals surface area contributed by atoms with Crippen LogP contribution in [0.1, 0.15) is 51.9 Å². The molecule has 0 spiro atoms. The van der Waals surface area contributed by atoms with E-state index in [1.807, 2.05) is 0 Å². The van der Waals surface area contributed by atoms with E-state index in [-0.39, 0.29) is 18.7 Å². The van der Waals surface area contributed by atoms with Crippen LogP contribution in [0.5, 0.6) is 0 Å². The number of unbranched alkanes of at least 4 members (excludes halogenated alkanes) is 3. The lowest BCUT2D eigenvalue weighted by Gasteiger charge is -2.24. The first kappa shape index (κ1) is 17.4. The molecule has 0 bridgehead atoms. The highest BCUT2D eigenvalue weighted by atomic mass is 16.4. The number of nitrogens with zero attached hydrogens (tertiary/aromatic N) is 1. The van der Waals surface area contributed by atoms with Crippen molar-refractivity contribution in [2.45, 2.75) is 57.9 Å². The maximum atomic E-state index is 11.8. The zero-order valence-corrected chi connectivity index (χ0v) is 11.7. The minimum atomic E-state index is -1.11. The van der Waals surface area contributed by atoms with Gasteiger partial charge >= 0.3 is 5.97 Å². The summed E-state index contributed by atoms with van der Waals surface area (Å²) in [5.41, 5.74) is 5.00. The molecule has 0 aromatic carbocycles. The Morgan fingerprint density at radius 2 is 1.79 bits per heavy atom. The van der Waals surface area contributed by atoms with E-state index in [2.05, 4.69) is 6.92 Å². The van der Waals surface area contributed by atoms with E-state index in [9.17, 15) is 14.4 Å². The molecule has 1 atom stereocenters. The molecule has 0 aromatic heterocycles. The van der Waals surface area contributed by atoms with Gasteiger partial charge in [0.25, 0.3) is 0 Å². The molecule has 19 heavy (non-hydrogen) atoms. The van der Waals surface area contributed by atoms with E-state index in [0.29, 0.717) is 6.42 Å². The molecule has 6 nitrogen and oxygen atoms in total. The van der Waals surface area contributed by atoms with Crippen LogP contribution in [0.15, 0.2) is 0 Å². The topological polar surface area (TPSA) is 101 Å². The van der Waals surface area contributed by atoms with Crippen molar-refractivity contribution in [2.24, 2.45) is 5.73 Å². The van der Waals surface area contributed by atoms with Crippen molar-refractivity contribution in [3.63, 3.8) is 0 Å². The lowest BCUT2D eigenvalue weighted by molar-refractivity contribution is -0.149. The summed E-state index contributed by atoms with van der Waals surface area (Å²) in [6, 6.07) is -0.980. The van der Waals surface area contributed by atoms with E-state index in [1.165, 1.54) is 11.9 Å². The Morgan fingerprint density at radius 1 is 1.16 bits per heavy atom. The number of likely N-dealkylation sites (N-methyl/N-ethyl adjacent to an activating group) is 1. The van der Waals surface area contributed by atoms with Crippen LogP contribution < -0.4 is 5.73 Å². The van der Waals surface area contributed by atoms with Gasteiger partial charge in [-0.25, -0.2) is 4.79 Å². The molecule has 0 aliphatic heterocycles. The Bertz CT molecular complexity index is 318. The number of carbonyl (C=O) groups excluding carboxylic acids is 2. The third-order valence-electron chi connectivity index (χ3n) is 3.05. The molecule has 0 saturated heterocycles. The summed E-state index contributed by atoms with van der Waals surface area (Å²) < 4.78 is 0. The summed E-state index contributed by atoms with van der Waals surface area (Å²) in [5.74, 6) is -1.87. The fraction of sp³-hybridized carbons (Fsp3) is 0.769. The first-order chi connectivity index (χ1) is 8.90. The molecular formula is C13H24N2O4. The van der Waals surface area contributed by atoms with Crippen LogP contribution in [0.4, 0.5) is 0 Å². The molecule has 0 fully saturated rings. The minimum absolute atomic E-state index is 0.0373. The van der Waals surface area contributed by atoms with Gasteiger partial charge in [0.05, 0.1) is 0 Å². The second kappa shape index (κ2) is 9.35. The predicted molar refractivity (Wildman–Crippen MR) is 71.4 cm³/mol. The van der Waals surface area contributed by atoms with E-state index in [1.54, 1.807) is 0 Å². The maximum absolute atomic E-state index is 11.8. The highest BCUT2D eigenvalue weighted by Crippen LogP contribution is 2.10. The Balaban J connectivity index is 4.28. The summed E-state index contributed by atoms with van der Waals surface area (Å²) in [4.78, 5) is 34.8. The number of hydrogen-bond donors (Lipinski definition) is 2. The summed E-state index contributed by atoms with van der Waals surface area (Å²) in [6.07, 6.45) is 4.25. The van der Waals surface area contributed by atoms with Crippen LogP contribution in [0.3, 0.4) is 0 Å². The van der Waals surface area contributed by atoms with Crippen LogP contribution in [-0.2, 0) is 14.4 Å². The molecule has 0 aliphatic carbocycles. The number of carboxylic acids is 1. The molecule has 6 heteroatoms. The fourth-order valence-corrected chi connectivity index (χ4v) is 1.81. The van der Waals surface area contributed by atoms with Crippen LogP contribution in [0.2, 0.25) is 0 Å². The molecule has 0 aliphatic rings. The summed E-state index contributed by atoms with van der Waals surface area (Å²) >= 11 is 0. The number of amides is 2. The third-order valence-corrected chi connectivity index (χ3v) is 3.05. The first-order valence-electron chi connectivity index (χ1n) is 6.66. The molecule has 2 amide bonds. The predicted octanol–water partition coefficient (Wildman–Crippen LogP) is 1.13. The van der Waals surface area contributed by atoms with Crippen LogP contribution in [0, 0.1) is 0 Å². The molecule has 0 heterocycles. The average Bonchev–Trinajstić information content (AvgIpc) is 2.33. The Kier molecular flexibility index (Phi) is 8.57. The standard InChI is InChI=1S/C13H24N2O4/c1-3-4-5-6-7-12(17)15(2)10(13(18)19)8-9-11(14)16/h10H,3-9H2,1-2H3,(H2,14,16)(H,18,19). The number of carbonyl (C=O) groups is 3. The Labute approximate surface area is 113 Å². The molecule has 0 saturated carbocycles. The summed E-state index contributed by atoms with van der Waals surface area (Å²) in [6.45, 7) is 2.08. The van der Waals surface area contributed by atoms with Gasteiger partial charge in [0.15, 0.2) is 0 Å². The van der Waals surface area contributed by atoms with Gasteiger partial charge in [-0.2, -0.15) is 0 Å². The van der Waals surface area contributed by atoms with Crippen molar-refractivity contribution in [1.29, 1.82) is 0 Å². The monoisotopic (exact) mass is 272 g/mol. The van der Waals surface area contributed by atoms with Gasteiger partial charge < -0.3 is 15.7 Å². The van der Waals surface area contributed by atoms with Crippen molar-refractivity contribution >= 4 is 17.8 Å². The Morgan fingerprint density at radius 3 is 2.26 bits per heavy atom. The van der Waals surface area contributed by atoms with E-state index in [0.717, 1.165) is 25.7 Å². The second-order valence-electron chi connectivity index (χ2n) is 4.67. The summed E-state index contributed by atoms with van der Waals surface area (Å²) in [5, 5.41) is 9.07. The first-order valence-corrected chi connectivity index (χ1v) is 6.66. The van der Waals surface area contributed by atoms with Crippen LogP contribution >= 0.6 is 0 Å². The molecule has 0 rings (SSSR count). The smallest absolute Gasteiger partial charge is 0.326 e. The van der Waals surface area contributed by atoms with Gasteiger partial charge in [0.2, 0.25) is 11.8 Å². The molecule has 0 aromatic rings. The van der Waals surface area contributed by atoms with Gasteiger partial charge in [-0.15, -0.1) is 0 Å². The van der Waals surface area contributed by atoms with Crippen LogP contribution in [-0.4, -0.2) is 40.9 Å². The molecule has 110 valence electrons. The normalized spacial score (nSPS) is 11.9. The maximum Gasteiger partial charge on any atom is 0.326 e. The number of aliphatic carboxylic acids is 1. The van der Waals surface area contributed by atoms with Gasteiger partial charge in [-0.1, -0.05) is 26.2 Å². The van der Waals surface area contributed by atoms with Crippen molar-refractivity contribution in [1.82, 2.24) is 4.90 Å². The lowest BCUT2D eigenvalue weighted by Crippen LogP contribution is -2.42. The highest BCUT2D eigenvalue weighted by Gasteiger charge is 2.26. The zero-order chi connectivity index (χ0) is 14.8. The SMILES string of the molecule is CCCCCCC(=O)N(C)C(CCC(N)=O)C(=O)O. The van der Waals surface area contributed by atoms with Crippen molar-refractivity contribution in [3.05, 3.63) is 0 Å². The molecular weight excluding hydrogens is 248 g/mol. The highest BCUT2D eigenvalue weighted by molar-refractivity contribution is 5.84. The fourth-order valence-electron chi connectivity index (χ4n) is 1.81. The number of rotatable bonds is 10. The quantitative estimate of drug-likeness (QED) is 0.582. The largest absolute Gasteiger partial charge is 0.480 e. The number of carboxylic acid groups (broad SMARTS) is 1. The number of primary amides is 1. The van der Waals surface area contributed by atoms with E-state index >= 15 is 0 Å². The zero-order valence-electron chi connectivity index (χ0n) is 11.7. The van der Waals surface area contributed by atoms with Gasteiger partial charge in [-0.3, -0.25) is 9.59 Å². The van der Waals surface area contributed by atoms with Crippen LogP contribution in [0.25, 0.3) is 0 Å². The molecule has 3 N–H and O–H groups in total. The van der Waals surface area contributed by atoms with Crippen molar-refractivity contribution in [3.8, 4) is 0 Å². The Hall–Kier alpha value is -1.59. The lowest BCUT2D eigenvalue weighted by atomic mass is 10.1. The van der Waals surface area contributed by atoms with E-state index < -0.39 is 17.9 Å². The second-order valence-corrected chi connectivity index (χ2v) is 4.67. The van der Waals surface area contributed by atoms with Gasteiger partial charge in [-0.05, 0) is 12.8 Å². The summed E-state index contributed by atoms with van der Waals surface area (Å²) in [7, 11) is 1.46. The van der Waals surface area contributed by atoms with E-state index in [4.69, 9.17) is 10.8 Å². The molecule has 1 unspecified atom stereocenters. The number of nitrogens with two attached hydrogens (primary N) is 1. The average molecular weight is 272 g/mol. The van der Waals surface area contributed by atoms with Gasteiger partial charge in [0, 0.05) is 19.9 Å². The number of hydrogen-bond acceptors (Lipinski definition) is 3. The van der Waals surface area contributed by atoms with Crippen molar-refractivity contribution < 1.29 is 19.5 Å². The third kappa shape index (κ3) is 7.43.